The molecule has 3 fully saturated rings. The van der Waals surface area contributed by atoms with Gasteiger partial charge in [-0.05, 0) is 24.1 Å². The highest BCUT2D eigenvalue weighted by molar-refractivity contribution is 5.50. The number of rotatable bonds is 5. The second kappa shape index (κ2) is 7.03. The fraction of sp³-hybridized carbons (Fsp3) is 0.364. The van der Waals surface area contributed by atoms with Gasteiger partial charge in [-0.1, -0.05) is 54.6 Å². The number of nitrogens with zero attached hydrogens (tertiary/aromatic N) is 1. The Kier molecular flexibility index (Phi) is 4.60. The fourth-order valence-electron chi connectivity index (χ4n) is 4.30. The predicted molar refractivity (Wildman–Crippen MR) is 103 cm³/mol. The number of hydrogen-bond acceptors (Lipinski definition) is 3. The third-order valence-corrected chi connectivity index (χ3v) is 5.47. The zero-order valence-corrected chi connectivity index (χ0v) is 15.0. The van der Waals surface area contributed by atoms with E-state index in [1.165, 1.54) is 16.7 Å². The lowest BCUT2D eigenvalue weighted by Crippen LogP contribution is -2.71. The summed E-state index contributed by atoms with van der Waals surface area (Å²) in [4.78, 5) is 2.55. The molecule has 3 aliphatic rings. The van der Waals surface area contributed by atoms with Gasteiger partial charge in [0.2, 0.25) is 0 Å². The van der Waals surface area contributed by atoms with Crippen LogP contribution in [0.15, 0.2) is 54.6 Å². The molecule has 2 bridgehead atoms. The van der Waals surface area contributed by atoms with Gasteiger partial charge in [-0.25, -0.2) is 0 Å². The molecule has 3 atom stereocenters. The molecule has 0 aromatic heterocycles. The molecule has 3 saturated heterocycles. The van der Waals surface area contributed by atoms with Gasteiger partial charge in [0.1, 0.15) is 5.75 Å². The zero-order chi connectivity index (χ0) is 17.2. The molecule has 5 rings (SSSR count). The van der Waals surface area contributed by atoms with E-state index in [2.05, 4.69) is 65.7 Å². The molecule has 2 aromatic carbocycles. The summed E-state index contributed by atoms with van der Waals surface area (Å²) in [5.74, 6) is 1.64. The summed E-state index contributed by atoms with van der Waals surface area (Å²) in [5, 5.41) is 3.72. The van der Waals surface area contributed by atoms with Crippen LogP contribution >= 0.6 is 0 Å². The lowest BCUT2D eigenvalue weighted by Gasteiger charge is -2.55. The number of fused-ring (bicyclic) bond motifs is 2. The van der Waals surface area contributed by atoms with Gasteiger partial charge in [0, 0.05) is 43.2 Å². The normalized spacial score (nSPS) is 25.8. The topological polar surface area (TPSA) is 24.5 Å². The predicted octanol–water partition coefficient (Wildman–Crippen LogP) is 3.67. The molecule has 3 nitrogen and oxygen atoms in total. The van der Waals surface area contributed by atoms with E-state index < -0.39 is 0 Å². The van der Waals surface area contributed by atoms with Crippen molar-refractivity contribution >= 4 is 6.08 Å². The third-order valence-electron chi connectivity index (χ3n) is 5.47. The van der Waals surface area contributed by atoms with Crippen LogP contribution in [0.2, 0.25) is 0 Å². The highest BCUT2D eigenvalue weighted by Crippen LogP contribution is 2.37. The molecule has 1 unspecified atom stereocenters. The summed E-state index contributed by atoms with van der Waals surface area (Å²) in [6.45, 7) is 5.21. The van der Waals surface area contributed by atoms with Crippen LogP contribution < -0.4 is 10.1 Å². The van der Waals surface area contributed by atoms with Crippen molar-refractivity contribution in [3.63, 3.8) is 0 Å². The standard InChI is InChI=1S/C22H26N2O/c1-3-6-16-9-11-17(12-10-16)22-19-14-24(15-20(22)23-19)13-18-7-4-5-8-21(18)25-2/h3-12,19-20,22-23H,13-15H2,1-2H3/b6-3+/t19-,20+,22?. The molecular formula is C22H26N2O. The summed E-state index contributed by atoms with van der Waals surface area (Å²) in [6, 6.07) is 18.5. The van der Waals surface area contributed by atoms with Crippen LogP contribution in [0.25, 0.3) is 6.08 Å². The van der Waals surface area contributed by atoms with Crippen molar-refractivity contribution in [1.82, 2.24) is 10.2 Å². The number of benzene rings is 2. The average molecular weight is 334 g/mol. The Morgan fingerprint density at radius 3 is 2.48 bits per heavy atom. The molecule has 0 spiro atoms. The first-order valence-corrected chi connectivity index (χ1v) is 9.11. The van der Waals surface area contributed by atoms with Gasteiger partial charge < -0.3 is 10.1 Å². The number of hydrogen-bond donors (Lipinski definition) is 1. The van der Waals surface area contributed by atoms with Crippen LogP contribution in [0, 0.1) is 0 Å². The maximum absolute atomic E-state index is 5.50. The highest BCUT2D eigenvalue weighted by atomic mass is 16.5. The minimum absolute atomic E-state index is 0.557. The van der Waals surface area contributed by atoms with E-state index in [1.54, 1.807) is 7.11 Å². The Balaban J connectivity index is 1.42. The van der Waals surface area contributed by atoms with E-state index in [0.29, 0.717) is 18.0 Å². The number of para-hydroxylation sites is 1. The number of methoxy groups -OCH3 is 1. The van der Waals surface area contributed by atoms with Gasteiger partial charge in [0.15, 0.2) is 0 Å². The first-order valence-electron chi connectivity index (χ1n) is 9.11. The molecule has 130 valence electrons. The van der Waals surface area contributed by atoms with Crippen LogP contribution in [0.3, 0.4) is 0 Å². The summed E-state index contributed by atoms with van der Waals surface area (Å²) in [7, 11) is 1.75. The quantitative estimate of drug-likeness (QED) is 0.903. The molecule has 3 heterocycles. The Hall–Kier alpha value is -2.10. The van der Waals surface area contributed by atoms with Crippen molar-refractivity contribution in [3.8, 4) is 5.75 Å². The summed E-state index contributed by atoms with van der Waals surface area (Å²) in [6.07, 6.45) is 4.24. The number of ether oxygens (including phenoxy) is 1. The molecule has 0 amide bonds. The zero-order valence-electron chi connectivity index (χ0n) is 15.0. The maximum Gasteiger partial charge on any atom is 0.123 e. The van der Waals surface area contributed by atoms with E-state index in [9.17, 15) is 0 Å². The van der Waals surface area contributed by atoms with Gasteiger partial charge in [-0.3, -0.25) is 4.90 Å². The molecular weight excluding hydrogens is 308 g/mol. The van der Waals surface area contributed by atoms with E-state index in [4.69, 9.17) is 4.74 Å². The van der Waals surface area contributed by atoms with Crippen molar-refractivity contribution in [2.75, 3.05) is 20.2 Å². The minimum Gasteiger partial charge on any atom is -0.496 e. The summed E-state index contributed by atoms with van der Waals surface area (Å²) < 4.78 is 5.50. The van der Waals surface area contributed by atoms with E-state index >= 15 is 0 Å². The molecule has 25 heavy (non-hydrogen) atoms. The van der Waals surface area contributed by atoms with Crippen LogP contribution in [0.4, 0.5) is 0 Å². The lowest BCUT2D eigenvalue weighted by atomic mass is 9.74. The SMILES string of the molecule is C/C=C/c1ccc(C2[C@@H]3CN(Cc4ccccc4OC)C[C@H]2N3)cc1. The van der Waals surface area contributed by atoms with E-state index in [-0.39, 0.29) is 0 Å². The second-order valence-corrected chi connectivity index (χ2v) is 7.08. The smallest absolute Gasteiger partial charge is 0.123 e. The molecule has 0 aliphatic carbocycles. The molecule has 0 saturated carbocycles. The lowest BCUT2D eigenvalue weighted by molar-refractivity contribution is 0.0466. The van der Waals surface area contributed by atoms with E-state index in [0.717, 1.165) is 25.4 Å². The fourth-order valence-corrected chi connectivity index (χ4v) is 4.30. The van der Waals surface area contributed by atoms with Crippen molar-refractivity contribution in [3.05, 3.63) is 71.3 Å². The van der Waals surface area contributed by atoms with Crippen LogP contribution in [0.5, 0.6) is 5.75 Å². The summed E-state index contributed by atoms with van der Waals surface area (Å²) in [5.41, 5.74) is 4.03. The third kappa shape index (κ3) is 3.22. The first kappa shape index (κ1) is 16.4. The molecule has 1 N–H and O–H groups in total. The largest absolute Gasteiger partial charge is 0.496 e. The van der Waals surface area contributed by atoms with Gasteiger partial charge in [-0.15, -0.1) is 0 Å². The first-order chi connectivity index (χ1) is 12.3. The maximum atomic E-state index is 5.50. The molecule has 3 aliphatic heterocycles. The number of nitrogens with one attached hydrogen (secondary N) is 1. The Morgan fingerprint density at radius 1 is 1.08 bits per heavy atom. The van der Waals surface area contributed by atoms with Crippen molar-refractivity contribution in [2.24, 2.45) is 0 Å². The van der Waals surface area contributed by atoms with Crippen molar-refractivity contribution < 1.29 is 4.74 Å². The Morgan fingerprint density at radius 2 is 1.80 bits per heavy atom. The Labute approximate surface area is 150 Å². The van der Waals surface area contributed by atoms with Gasteiger partial charge in [0.05, 0.1) is 7.11 Å². The number of piperidine rings is 1. The van der Waals surface area contributed by atoms with Crippen LogP contribution in [-0.4, -0.2) is 37.2 Å². The van der Waals surface area contributed by atoms with E-state index in [1.807, 2.05) is 12.1 Å². The second-order valence-electron chi connectivity index (χ2n) is 7.08. The molecule has 0 radical (unpaired) electrons. The average Bonchev–Trinajstić information content (AvgIpc) is 2.64. The van der Waals surface area contributed by atoms with Crippen LogP contribution in [0.1, 0.15) is 29.5 Å². The minimum atomic E-state index is 0.557. The Bertz CT molecular complexity index is 741. The van der Waals surface area contributed by atoms with Crippen molar-refractivity contribution in [1.29, 1.82) is 0 Å². The molecule has 2 aromatic rings. The monoisotopic (exact) mass is 334 g/mol. The van der Waals surface area contributed by atoms with Crippen molar-refractivity contribution in [2.45, 2.75) is 31.5 Å². The number of piperazine rings is 1. The van der Waals surface area contributed by atoms with Gasteiger partial charge in [0.25, 0.3) is 0 Å². The van der Waals surface area contributed by atoms with Crippen LogP contribution in [-0.2, 0) is 6.54 Å². The summed E-state index contributed by atoms with van der Waals surface area (Å²) >= 11 is 0. The van der Waals surface area contributed by atoms with Gasteiger partial charge >= 0.3 is 0 Å². The molecule has 3 heteroatoms. The number of allylic oxidation sites excluding steroid dienone is 1. The highest BCUT2D eigenvalue weighted by Gasteiger charge is 2.46. The van der Waals surface area contributed by atoms with Gasteiger partial charge in [-0.2, -0.15) is 0 Å².